The van der Waals surface area contributed by atoms with Crippen LogP contribution in [0.5, 0.6) is 0 Å². The fraction of sp³-hybridized carbons (Fsp3) is 0.381. The number of non-ortho nitro benzene ring substituents is 1. The van der Waals surface area contributed by atoms with Crippen LogP contribution in [0.15, 0.2) is 39.9 Å². The number of nitro benzene ring substituents is 1. The molecule has 1 amide bonds. The number of hydrogen-bond donors (Lipinski definition) is 2. The lowest BCUT2D eigenvalue weighted by molar-refractivity contribution is -0.384. The van der Waals surface area contributed by atoms with Gasteiger partial charge >= 0.3 is 5.69 Å². The highest BCUT2D eigenvalue weighted by Gasteiger charge is 2.24. The third kappa shape index (κ3) is 5.91. The van der Waals surface area contributed by atoms with Gasteiger partial charge in [0.15, 0.2) is 5.69 Å². The van der Waals surface area contributed by atoms with Crippen molar-refractivity contribution in [2.75, 3.05) is 17.2 Å². The highest BCUT2D eigenvalue weighted by molar-refractivity contribution is 6.05. The molecule has 2 aromatic rings. The average Bonchev–Trinajstić information content (AvgIpc) is 2.68. The quantitative estimate of drug-likeness (QED) is 0.374. The van der Waals surface area contributed by atoms with Crippen LogP contribution in [0.1, 0.15) is 33.3 Å². The van der Waals surface area contributed by atoms with Crippen LogP contribution in [0, 0.1) is 22.0 Å². The van der Waals surface area contributed by atoms with Crippen LogP contribution in [0.2, 0.25) is 0 Å². The van der Waals surface area contributed by atoms with E-state index in [9.17, 15) is 24.5 Å². The van der Waals surface area contributed by atoms with Gasteiger partial charge in [0.1, 0.15) is 5.82 Å². The predicted octanol–water partition coefficient (Wildman–Crippen LogP) is 2.39. The van der Waals surface area contributed by atoms with Crippen molar-refractivity contribution >= 4 is 29.2 Å². The minimum atomic E-state index is -0.750. The van der Waals surface area contributed by atoms with Gasteiger partial charge in [0.2, 0.25) is 0 Å². The van der Waals surface area contributed by atoms with Crippen LogP contribution in [0.25, 0.3) is 6.08 Å². The maximum atomic E-state index is 13.0. The summed E-state index contributed by atoms with van der Waals surface area (Å²) in [5, 5.41) is 10.9. The van der Waals surface area contributed by atoms with Gasteiger partial charge in [0, 0.05) is 31.3 Å². The van der Waals surface area contributed by atoms with Crippen molar-refractivity contribution in [2.24, 2.45) is 11.8 Å². The zero-order chi connectivity index (χ0) is 23.3. The second kappa shape index (κ2) is 9.88. The first kappa shape index (κ1) is 23.6. The van der Waals surface area contributed by atoms with Crippen molar-refractivity contribution in [1.29, 1.82) is 0 Å². The van der Waals surface area contributed by atoms with Crippen molar-refractivity contribution in [3.05, 3.63) is 66.9 Å². The number of amides is 1. The van der Waals surface area contributed by atoms with Gasteiger partial charge < -0.3 is 10.6 Å². The SMILES string of the molecule is CC(C)CN(C(=O)/C=C/c1cccc([N+](=O)[O-])c1)c1c(N)n(CC(C)C)c(=O)[nH]c1=O. The zero-order valence-electron chi connectivity index (χ0n) is 18.0. The van der Waals surface area contributed by atoms with Crippen LogP contribution >= 0.6 is 0 Å². The number of hydrogen-bond acceptors (Lipinski definition) is 6. The molecule has 0 aliphatic heterocycles. The molecule has 10 heteroatoms. The van der Waals surface area contributed by atoms with Crippen LogP contribution in [0.4, 0.5) is 17.2 Å². The zero-order valence-corrected chi connectivity index (χ0v) is 18.0. The van der Waals surface area contributed by atoms with E-state index in [1.807, 2.05) is 27.7 Å². The van der Waals surface area contributed by atoms with Crippen molar-refractivity contribution in [3.8, 4) is 0 Å². The number of aromatic amines is 1. The first-order valence-corrected chi connectivity index (χ1v) is 9.87. The highest BCUT2D eigenvalue weighted by Crippen LogP contribution is 2.20. The van der Waals surface area contributed by atoms with Gasteiger partial charge in [-0.1, -0.05) is 39.8 Å². The third-order valence-corrected chi connectivity index (χ3v) is 4.34. The van der Waals surface area contributed by atoms with Gasteiger partial charge in [-0.2, -0.15) is 0 Å². The Bertz CT molecular complexity index is 1110. The molecule has 1 heterocycles. The molecule has 0 unspecified atom stereocenters. The van der Waals surface area contributed by atoms with Gasteiger partial charge in [0.25, 0.3) is 17.2 Å². The largest absolute Gasteiger partial charge is 0.383 e. The van der Waals surface area contributed by atoms with Crippen molar-refractivity contribution in [2.45, 2.75) is 34.2 Å². The number of anilines is 2. The summed E-state index contributed by atoms with van der Waals surface area (Å²) >= 11 is 0. The van der Waals surface area contributed by atoms with E-state index in [0.717, 1.165) is 0 Å². The van der Waals surface area contributed by atoms with Gasteiger partial charge in [0.05, 0.1) is 4.92 Å². The molecule has 0 saturated carbocycles. The fourth-order valence-electron chi connectivity index (χ4n) is 3.04. The topological polar surface area (TPSA) is 144 Å². The minimum absolute atomic E-state index is 0.000519. The summed E-state index contributed by atoms with van der Waals surface area (Å²) in [6.07, 6.45) is 2.65. The molecule has 0 radical (unpaired) electrons. The first-order chi connectivity index (χ1) is 14.5. The number of aromatic nitrogens is 2. The third-order valence-electron chi connectivity index (χ3n) is 4.34. The number of nitrogens with two attached hydrogens (primary N) is 1. The van der Waals surface area contributed by atoms with E-state index in [2.05, 4.69) is 4.98 Å². The van der Waals surface area contributed by atoms with Crippen LogP contribution < -0.4 is 21.9 Å². The summed E-state index contributed by atoms with van der Waals surface area (Å²) in [7, 11) is 0. The molecule has 2 rings (SSSR count). The summed E-state index contributed by atoms with van der Waals surface area (Å²) in [6, 6.07) is 5.81. The van der Waals surface area contributed by atoms with Gasteiger partial charge in [-0.25, -0.2) is 4.79 Å². The number of nitrogens with zero attached hydrogens (tertiary/aromatic N) is 3. The lowest BCUT2D eigenvalue weighted by Crippen LogP contribution is -2.42. The van der Waals surface area contributed by atoms with Crippen LogP contribution in [-0.4, -0.2) is 26.9 Å². The lowest BCUT2D eigenvalue weighted by Gasteiger charge is -2.25. The summed E-state index contributed by atoms with van der Waals surface area (Å²) in [4.78, 5) is 51.7. The molecule has 0 bridgehead atoms. The maximum absolute atomic E-state index is 13.0. The summed E-state index contributed by atoms with van der Waals surface area (Å²) in [6.45, 7) is 8.01. The Labute approximate surface area is 179 Å². The summed E-state index contributed by atoms with van der Waals surface area (Å²) < 4.78 is 1.24. The Hall–Kier alpha value is -3.69. The van der Waals surface area contributed by atoms with Gasteiger partial charge in [-0.15, -0.1) is 0 Å². The van der Waals surface area contributed by atoms with E-state index >= 15 is 0 Å². The number of carbonyl (C=O) groups is 1. The summed E-state index contributed by atoms with van der Waals surface area (Å²) in [5.74, 6) is -0.534. The molecule has 0 aliphatic carbocycles. The number of nitro groups is 1. The van der Waals surface area contributed by atoms with Crippen LogP contribution in [0.3, 0.4) is 0 Å². The van der Waals surface area contributed by atoms with Crippen LogP contribution in [-0.2, 0) is 11.3 Å². The molecule has 166 valence electrons. The van der Waals surface area contributed by atoms with E-state index in [0.29, 0.717) is 5.56 Å². The molecule has 0 saturated heterocycles. The molecular formula is C21H27N5O5. The second-order valence-electron chi connectivity index (χ2n) is 8.03. The van der Waals surface area contributed by atoms with Crippen molar-refractivity contribution in [3.63, 3.8) is 0 Å². The Morgan fingerprint density at radius 3 is 2.52 bits per heavy atom. The minimum Gasteiger partial charge on any atom is -0.383 e. The average molecular weight is 429 g/mol. The number of rotatable bonds is 8. The van der Waals surface area contributed by atoms with E-state index in [1.54, 1.807) is 6.07 Å². The Morgan fingerprint density at radius 1 is 1.26 bits per heavy atom. The Balaban J connectivity index is 2.50. The maximum Gasteiger partial charge on any atom is 0.330 e. The summed E-state index contributed by atoms with van der Waals surface area (Å²) in [5.41, 5.74) is 5.03. The van der Waals surface area contributed by atoms with Crippen molar-refractivity contribution in [1.82, 2.24) is 9.55 Å². The van der Waals surface area contributed by atoms with Gasteiger partial charge in [-0.05, 0) is 23.5 Å². The fourth-order valence-corrected chi connectivity index (χ4v) is 3.04. The molecule has 0 atom stereocenters. The highest BCUT2D eigenvalue weighted by atomic mass is 16.6. The monoisotopic (exact) mass is 429 g/mol. The van der Waals surface area contributed by atoms with E-state index in [4.69, 9.17) is 5.73 Å². The molecule has 0 fully saturated rings. The van der Waals surface area contributed by atoms with Gasteiger partial charge in [-0.3, -0.25) is 29.3 Å². The lowest BCUT2D eigenvalue weighted by atomic mass is 10.1. The molecular weight excluding hydrogens is 402 g/mol. The normalized spacial score (nSPS) is 11.4. The molecule has 10 nitrogen and oxygen atoms in total. The number of carbonyl (C=O) groups excluding carboxylic acids is 1. The number of benzene rings is 1. The molecule has 31 heavy (non-hydrogen) atoms. The standard InChI is InChI=1S/C21H27N5O5/c1-13(2)11-24(17(27)9-8-15-6-5-7-16(10-15)26(30)31)18-19(22)25(12-14(3)4)21(29)23-20(18)28/h5-10,13-14H,11-12,22H2,1-4H3,(H,23,28,29)/b9-8+. The van der Waals surface area contributed by atoms with E-state index in [-0.39, 0.29) is 42.1 Å². The predicted molar refractivity (Wildman–Crippen MR) is 120 cm³/mol. The number of nitrogen functional groups attached to an aromatic ring is 1. The number of H-pyrrole nitrogens is 1. The molecule has 0 spiro atoms. The number of nitrogens with one attached hydrogen (secondary N) is 1. The van der Waals surface area contributed by atoms with E-state index in [1.165, 1.54) is 39.8 Å². The Kier molecular flexibility index (Phi) is 7.51. The van der Waals surface area contributed by atoms with E-state index < -0.39 is 22.1 Å². The molecule has 3 N–H and O–H groups in total. The molecule has 1 aromatic heterocycles. The molecule has 1 aromatic carbocycles. The van der Waals surface area contributed by atoms with Crippen molar-refractivity contribution < 1.29 is 9.72 Å². The Morgan fingerprint density at radius 2 is 1.94 bits per heavy atom. The first-order valence-electron chi connectivity index (χ1n) is 9.87. The molecule has 0 aliphatic rings. The second-order valence-corrected chi connectivity index (χ2v) is 8.03. The smallest absolute Gasteiger partial charge is 0.330 e.